The number of azo groups is 1. The second-order valence-corrected chi connectivity index (χ2v) is 4.94. The van der Waals surface area contributed by atoms with Crippen LogP contribution in [0.25, 0.3) is 0 Å². The highest BCUT2D eigenvalue weighted by Crippen LogP contribution is 2.23. The van der Waals surface area contributed by atoms with Gasteiger partial charge >= 0.3 is 5.97 Å². The Bertz CT molecular complexity index is 859. The van der Waals surface area contributed by atoms with E-state index in [0.29, 0.717) is 11.4 Å². The summed E-state index contributed by atoms with van der Waals surface area (Å²) in [5.74, 6) is -0.371. The molecule has 5 nitrogen and oxygen atoms in total. The van der Waals surface area contributed by atoms with Gasteiger partial charge in [-0.1, -0.05) is 30.3 Å². The van der Waals surface area contributed by atoms with E-state index >= 15 is 0 Å². The number of esters is 1. The van der Waals surface area contributed by atoms with Crippen LogP contribution in [0.2, 0.25) is 0 Å². The molecule has 24 heavy (non-hydrogen) atoms. The minimum Gasteiger partial charge on any atom is -0.507 e. The molecule has 1 N–H and O–H groups in total. The fourth-order valence-corrected chi connectivity index (χ4v) is 2.00. The van der Waals surface area contributed by atoms with Gasteiger partial charge in [0, 0.05) is 0 Å². The molecule has 3 aromatic carbocycles. The van der Waals surface area contributed by atoms with Crippen LogP contribution in [0.1, 0.15) is 10.4 Å². The highest BCUT2D eigenvalue weighted by Gasteiger charge is 2.12. The van der Waals surface area contributed by atoms with Gasteiger partial charge in [-0.15, -0.1) is 0 Å². The number of rotatable bonds is 4. The topological polar surface area (TPSA) is 71.2 Å². The standard InChI is InChI=1S/C19H14N2O3/c22-18-9-5-4-8-17(18)19(23)24-16-12-10-15(11-13-16)21-20-14-6-2-1-3-7-14/h1-13,22H. The van der Waals surface area contributed by atoms with Crippen LogP contribution in [-0.4, -0.2) is 11.1 Å². The Morgan fingerprint density at radius 2 is 1.33 bits per heavy atom. The number of hydrogen-bond acceptors (Lipinski definition) is 5. The lowest BCUT2D eigenvalue weighted by molar-refractivity contribution is 0.0731. The van der Waals surface area contributed by atoms with Gasteiger partial charge in [0.05, 0.1) is 11.4 Å². The number of benzene rings is 3. The van der Waals surface area contributed by atoms with E-state index in [1.807, 2.05) is 30.3 Å². The lowest BCUT2D eigenvalue weighted by Gasteiger charge is -2.05. The Labute approximate surface area is 138 Å². The fraction of sp³-hybridized carbons (Fsp3) is 0. The Morgan fingerprint density at radius 3 is 2.00 bits per heavy atom. The fourth-order valence-electron chi connectivity index (χ4n) is 2.00. The Morgan fingerprint density at radius 1 is 0.750 bits per heavy atom. The van der Waals surface area contributed by atoms with Crippen LogP contribution in [-0.2, 0) is 0 Å². The second-order valence-electron chi connectivity index (χ2n) is 4.94. The van der Waals surface area contributed by atoms with Gasteiger partial charge in [-0.25, -0.2) is 4.79 Å². The van der Waals surface area contributed by atoms with Gasteiger partial charge in [-0.2, -0.15) is 10.2 Å². The smallest absolute Gasteiger partial charge is 0.347 e. The molecule has 0 spiro atoms. The Balaban J connectivity index is 1.68. The van der Waals surface area contributed by atoms with Crippen molar-refractivity contribution in [2.24, 2.45) is 10.2 Å². The summed E-state index contributed by atoms with van der Waals surface area (Å²) in [5.41, 5.74) is 1.51. The monoisotopic (exact) mass is 318 g/mol. The van der Waals surface area contributed by atoms with Gasteiger partial charge in [-0.3, -0.25) is 0 Å². The number of aromatic hydroxyl groups is 1. The van der Waals surface area contributed by atoms with Gasteiger partial charge in [0.25, 0.3) is 0 Å². The molecule has 0 aliphatic rings. The zero-order chi connectivity index (χ0) is 16.8. The van der Waals surface area contributed by atoms with Crippen molar-refractivity contribution in [3.8, 4) is 11.5 Å². The first-order valence-electron chi connectivity index (χ1n) is 7.29. The van der Waals surface area contributed by atoms with Crippen LogP contribution in [0.4, 0.5) is 11.4 Å². The summed E-state index contributed by atoms with van der Waals surface area (Å²) in [6.45, 7) is 0. The van der Waals surface area contributed by atoms with E-state index in [0.717, 1.165) is 5.69 Å². The van der Waals surface area contributed by atoms with Crippen molar-refractivity contribution in [2.45, 2.75) is 0 Å². The molecule has 0 saturated carbocycles. The lowest BCUT2D eigenvalue weighted by atomic mass is 10.2. The number of ether oxygens (including phenoxy) is 1. The maximum Gasteiger partial charge on any atom is 0.347 e. The maximum absolute atomic E-state index is 12.0. The summed E-state index contributed by atoms with van der Waals surface area (Å²) in [7, 11) is 0. The average molecular weight is 318 g/mol. The molecule has 0 saturated heterocycles. The van der Waals surface area contributed by atoms with Crippen molar-refractivity contribution in [1.82, 2.24) is 0 Å². The Hall–Kier alpha value is -3.47. The normalized spacial score (nSPS) is 10.7. The van der Waals surface area contributed by atoms with E-state index in [-0.39, 0.29) is 11.3 Å². The third-order valence-corrected chi connectivity index (χ3v) is 3.21. The molecule has 0 amide bonds. The zero-order valence-electron chi connectivity index (χ0n) is 12.7. The molecule has 0 atom stereocenters. The Kier molecular flexibility index (Phi) is 4.62. The molecule has 0 aromatic heterocycles. The van der Waals surface area contributed by atoms with Crippen molar-refractivity contribution in [1.29, 1.82) is 0 Å². The van der Waals surface area contributed by atoms with E-state index in [1.54, 1.807) is 36.4 Å². The average Bonchev–Trinajstić information content (AvgIpc) is 2.62. The van der Waals surface area contributed by atoms with E-state index in [9.17, 15) is 9.90 Å². The lowest BCUT2D eigenvalue weighted by Crippen LogP contribution is -2.08. The molecule has 0 unspecified atom stereocenters. The van der Waals surface area contributed by atoms with Gasteiger partial charge in [0.15, 0.2) is 0 Å². The number of phenols is 1. The van der Waals surface area contributed by atoms with Crippen LogP contribution in [0, 0.1) is 0 Å². The summed E-state index contributed by atoms with van der Waals surface area (Å²) >= 11 is 0. The first kappa shape index (κ1) is 15.4. The van der Waals surface area contributed by atoms with E-state index in [1.165, 1.54) is 12.1 Å². The van der Waals surface area contributed by atoms with E-state index in [4.69, 9.17) is 4.74 Å². The predicted molar refractivity (Wildman–Crippen MR) is 90.1 cm³/mol. The molecule has 0 bridgehead atoms. The number of phenolic OH excluding ortho intramolecular Hbond substituents is 1. The second kappa shape index (κ2) is 7.19. The van der Waals surface area contributed by atoms with Crippen LogP contribution >= 0.6 is 0 Å². The van der Waals surface area contributed by atoms with Crippen molar-refractivity contribution < 1.29 is 14.6 Å². The molecule has 0 radical (unpaired) electrons. The molecule has 0 fully saturated rings. The third kappa shape index (κ3) is 3.84. The van der Waals surface area contributed by atoms with E-state index < -0.39 is 5.97 Å². The number of nitrogens with zero attached hydrogens (tertiary/aromatic N) is 2. The van der Waals surface area contributed by atoms with Gasteiger partial charge in [0.2, 0.25) is 0 Å². The summed E-state index contributed by atoms with van der Waals surface area (Å²) in [6, 6.07) is 22.2. The SMILES string of the molecule is O=C(Oc1ccc(N=Nc2ccccc2)cc1)c1ccccc1O. The van der Waals surface area contributed by atoms with Crippen molar-refractivity contribution in [2.75, 3.05) is 0 Å². The van der Waals surface area contributed by atoms with Crippen molar-refractivity contribution in [3.63, 3.8) is 0 Å². The zero-order valence-corrected chi connectivity index (χ0v) is 12.7. The van der Waals surface area contributed by atoms with Crippen molar-refractivity contribution in [3.05, 3.63) is 84.4 Å². The van der Waals surface area contributed by atoms with Gasteiger partial charge in [0.1, 0.15) is 17.1 Å². The molecular formula is C19H14N2O3. The minimum atomic E-state index is -0.619. The molecule has 3 rings (SSSR count). The molecule has 3 aromatic rings. The van der Waals surface area contributed by atoms with Crippen molar-refractivity contribution >= 4 is 17.3 Å². The summed E-state index contributed by atoms with van der Waals surface area (Å²) in [6.07, 6.45) is 0. The predicted octanol–water partition coefficient (Wildman–Crippen LogP) is 5.03. The van der Waals surface area contributed by atoms with Gasteiger partial charge < -0.3 is 9.84 Å². The first-order chi connectivity index (χ1) is 11.7. The van der Waals surface area contributed by atoms with Crippen LogP contribution in [0.3, 0.4) is 0 Å². The maximum atomic E-state index is 12.0. The van der Waals surface area contributed by atoms with Gasteiger partial charge in [-0.05, 0) is 48.5 Å². The molecular weight excluding hydrogens is 304 g/mol. The van der Waals surface area contributed by atoms with Crippen LogP contribution in [0.5, 0.6) is 11.5 Å². The van der Waals surface area contributed by atoms with Crippen LogP contribution < -0.4 is 4.74 Å². The highest BCUT2D eigenvalue weighted by atomic mass is 16.5. The third-order valence-electron chi connectivity index (χ3n) is 3.21. The molecule has 0 heterocycles. The first-order valence-corrected chi connectivity index (χ1v) is 7.29. The molecule has 118 valence electrons. The molecule has 0 aliphatic carbocycles. The van der Waals surface area contributed by atoms with E-state index in [2.05, 4.69) is 10.2 Å². The molecule has 5 heteroatoms. The number of carbonyl (C=O) groups is 1. The number of carbonyl (C=O) groups excluding carboxylic acids is 1. The number of hydrogen-bond donors (Lipinski definition) is 1. The summed E-state index contributed by atoms with van der Waals surface area (Å²) in [5, 5.41) is 17.9. The number of para-hydroxylation sites is 1. The quantitative estimate of drug-likeness (QED) is 0.417. The minimum absolute atomic E-state index is 0.115. The largest absolute Gasteiger partial charge is 0.507 e. The summed E-state index contributed by atoms with van der Waals surface area (Å²) in [4.78, 5) is 12.0. The van der Waals surface area contributed by atoms with Crippen LogP contribution in [0.15, 0.2) is 89.1 Å². The molecule has 0 aliphatic heterocycles. The highest BCUT2D eigenvalue weighted by molar-refractivity contribution is 5.93. The summed E-state index contributed by atoms with van der Waals surface area (Å²) < 4.78 is 5.23.